The normalized spacial score (nSPS) is 9.62. The number of benzene rings is 1. The van der Waals surface area contributed by atoms with Crippen molar-refractivity contribution in [3.8, 4) is 0 Å². The van der Waals surface area contributed by atoms with E-state index in [2.05, 4.69) is 17.9 Å². The van der Waals surface area contributed by atoms with Crippen LogP contribution < -0.4 is 11.1 Å². The van der Waals surface area contributed by atoms with Crippen molar-refractivity contribution >= 4 is 24.2 Å². The molecule has 0 bridgehead atoms. The number of hydrogen-bond donors (Lipinski definition) is 3. The van der Waals surface area contributed by atoms with Crippen LogP contribution in [0.3, 0.4) is 0 Å². The van der Waals surface area contributed by atoms with Crippen molar-refractivity contribution < 1.29 is 4.79 Å². The van der Waals surface area contributed by atoms with Crippen molar-refractivity contribution in [2.24, 2.45) is 0 Å². The minimum absolute atomic E-state index is 0.0888. The van der Waals surface area contributed by atoms with Gasteiger partial charge in [0.25, 0.3) is 5.91 Å². The van der Waals surface area contributed by atoms with Crippen LogP contribution >= 0.6 is 12.6 Å². The third-order valence-electron chi connectivity index (χ3n) is 1.57. The van der Waals surface area contributed by atoms with Crippen LogP contribution in [0.25, 0.3) is 0 Å². The van der Waals surface area contributed by atoms with Gasteiger partial charge in [0.2, 0.25) is 0 Å². The summed E-state index contributed by atoms with van der Waals surface area (Å²) in [6.07, 6.45) is 0. The van der Waals surface area contributed by atoms with Crippen molar-refractivity contribution in [2.75, 3.05) is 18.0 Å². The molecule has 4 heteroatoms. The Balaban J connectivity index is 2.61. The van der Waals surface area contributed by atoms with Crippen LogP contribution in [0.1, 0.15) is 10.4 Å². The van der Waals surface area contributed by atoms with Gasteiger partial charge in [0.1, 0.15) is 0 Å². The number of thiol groups is 1. The number of carbonyl (C=O) groups excluding carboxylic acids is 1. The molecule has 3 nitrogen and oxygen atoms in total. The van der Waals surface area contributed by atoms with Gasteiger partial charge in [-0.05, 0) is 24.3 Å². The zero-order valence-corrected chi connectivity index (χ0v) is 8.05. The third-order valence-corrected chi connectivity index (χ3v) is 1.79. The fraction of sp³-hybridized carbons (Fsp3) is 0.222. The highest BCUT2D eigenvalue weighted by atomic mass is 32.1. The Morgan fingerprint density at radius 1 is 1.38 bits per heavy atom. The molecule has 3 N–H and O–H groups in total. The van der Waals surface area contributed by atoms with Crippen LogP contribution in [0, 0.1) is 0 Å². The maximum atomic E-state index is 11.3. The van der Waals surface area contributed by atoms with Gasteiger partial charge in [0, 0.05) is 23.5 Å². The van der Waals surface area contributed by atoms with Crippen LogP contribution in [0.2, 0.25) is 0 Å². The molecule has 0 aliphatic carbocycles. The summed E-state index contributed by atoms with van der Waals surface area (Å²) < 4.78 is 0. The number of nitrogens with one attached hydrogen (secondary N) is 1. The summed E-state index contributed by atoms with van der Waals surface area (Å²) in [5.74, 6) is 0.551. The first-order valence-electron chi connectivity index (χ1n) is 3.98. The number of nitrogens with two attached hydrogens (primary N) is 1. The fourth-order valence-corrected chi connectivity index (χ4v) is 1.02. The van der Waals surface area contributed by atoms with E-state index in [9.17, 15) is 4.79 Å². The van der Waals surface area contributed by atoms with Gasteiger partial charge in [0.05, 0.1) is 0 Å². The predicted molar refractivity (Wildman–Crippen MR) is 57.0 cm³/mol. The predicted octanol–water partition coefficient (Wildman–Crippen LogP) is 0.928. The number of carbonyl (C=O) groups is 1. The Labute approximate surface area is 82.7 Å². The summed E-state index contributed by atoms with van der Waals surface area (Å²) >= 11 is 3.99. The molecule has 0 atom stereocenters. The maximum Gasteiger partial charge on any atom is 0.251 e. The molecule has 1 aromatic carbocycles. The lowest BCUT2D eigenvalue weighted by molar-refractivity contribution is 0.0956. The first-order valence-corrected chi connectivity index (χ1v) is 4.62. The van der Waals surface area contributed by atoms with E-state index in [0.717, 1.165) is 0 Å². The number of amides is 1. The fourth-order valence-electron chi connectivity index (χ4n) is 0.906. The SMILES string of the molecule is Nc1ccc(C(=O)NCCS)cc1. The molecular weight excluding hydrogens is 184 g/mol. The van der Waals surface area contributed by atoms with E-state index >= 15 is 0 Å². The average Bonchev–Trinajstić information content (AvgIpc) is 2.15. The van der Waals surface area contributed by atoms with E-state index in [1.165, 1.54) is 0 Å². The van der Waals surface area contributed by atoms with Crippen LogP contribution in [-0.4, -0.2) is 18.2 Å². The Morgan fingerprint density at radius 3 is 2.54 bits per heavy atom. The zero-order valence-electron chi connectivity index (χ0n) is 7.16. The Morgan fingerprint density at radius 2 is 2.00 bits per heavy atom. The maximum absolute atomic E-state index is 11.3. The lowest BCUT2D eigenvalue weighted by Gasteiger charge is -2.02. The molecule has 0 radical (unpaired) electrons. The monoisotopic (exact) mass is 196 g/mol. The first kappa shape index (κ1) is 9.92. The van der Waals surface area contributed by atoms with E-state index in [-0.39, 0.29) is 5.91 Å². The molecule has 1 rings (SSSR count). The Hall–Kier alpha value is -1.16. The highest BCUT2D eigenvalue weighted by molar-refractivity contribution is 7.80. The first-order chi connectivity index (χ1) is 6.24. The van der Waals surface area contributed by atoms with E-state index in [0.29, 0.717) is 23.5 Å². The third kappa shape index (κ3) is 2.99. The molecule has 0 spiro atoms. The highest BCUT2D eigenvalue weighted by Crippen LogP contribution is 2.04. The quantitative estimate of drug-likeness (QED) is 0.497. The molecular formula is C9H12N2OS. The second kappa shape index (κ2) is 4.77. The second-order valence-electron chi connectivity index (χ2n) is 2.60. The van der Waals surface area contributed by atoms with Gasteiger partial charge in [-0.15, -0.1) is 0 Å². The molecule has 1 amide bonds. The summed E-state index contributed by atoms with van der Waals surface area (Å²) in [6.45, 7) is 0.576. The van der Waals surface area contributed by atoms with Crippen LogP contribution in [0.5, 0.6) is 0 Å². The second-order valence-corrected chi connectivity index (χ2v) is 3.05. The van der Waals surface area contributed by atoms with E-state index in [4.69, 9.17) is 5.73 Å². The minimum Gasteiger partial charge on any atom is -0.399 e. The van der Waals surface area contributed by atoms with E-state index < -0.39 is 0 Å². The molecule has 70 valence electrons. The smallest absolute Gasteiger partial charge is 0.251 e. The summed E-state index contributed by atoms with van der Waals surface area (Å²) in [4.78, 5) is 11.3. The van der Waals surface area contributed by atoms with Crippen molar-refractivity contribution in [1.82, 2.24) is 5.32 Å². The topological polar surface area (TPSA) is 55.1 Å². The van der Waals surface area contributed by atoms with Crippen LogP contribution in [-0.2, 0) is 0 Å². The molecule has 0 saturated carbocycles. The van der Waals surface area contributed by atoms with Crippen LogP contribution in [0.4, 0.5) is 5.69 Å². The summed E-state index contributed by atoms with van der Waals surface area (Å²) in [6, 6.07) is 6.80. The van der Waals surface area contributed by atoms with Gasteiger partial charge in [-0.2, -0.15) is 12.6 Å². The largest absolute Gasteiger partial charge is 0.399 e. The molecule has 1 aromatic rings. The molecule has 0 aromatic heterocycles. The van der Waals surface area contributed by atoms with Crippen molar-refractivity contribution in [3.63, 3.8) is 0 Å². The average molecular weight is 196 g/mol. The summed E-state index contributed by atoms with van der Waals surface area (Å²) in [7, 11) is 0. The molecule has 0 aliphatic heterocycles. The highest BCUT2D eigenvalue weighted by Gasteiger charge is 2.02. The van der Waals surface area contributed by atoms with Crippen LogP contribution in [0.15, 0.2) is 24.3 Å². The Bertz CT molecular complexity index is 284. The standard InChI is InChI=1S/C9H12N2OS/c10-8-3-1-7(2-4-8)9(12)11-5-6-13/h1-4,13H,5-6,10H2,(H,11,12). The molecule has 0 saturated heterocycles. The van der Waals surface area contributed by atoms with Gasteiger partial charge in [-0.1, -0.05) is 0 Å². The lowest BCUT2D eigenvalue weighted by atomic mass is 10.2. The number of nitrogen functional groups attached to an aromatic ring is 1. The van der Waals surface area contributed by atoms with Gasteiger partial charge in [0.15, 0.2) is 0 Å². The van der Waals surface area contributed by atoms with Crippen molar-refractivity contribution in [3.05, 3.63) is 29.8 Å². The molecule has 0 unspecified atom stereocenters. The zero-order chi connectivity index (χ0) is 9.68. The number of rotatable bonds is 3. The van der Waals surface area contributed by atoms with E-state index in [1.54, 1.807) is 24.3 Å². The van der Waals surface area contributed by atoms with Gasteiger partial charge >= 0.3 is 0 Å². The van der Waals surface area contributed by atoms with E-state index in [1.807, 2.05) is 0 Å². The summed E-state index contributed by atoms with van der Waals surface area (Å²) in [5, 5.41) is 2.71. The minimum atomic E-state index is -0.0888. The van der Waals surface area contributed by atoms with Gasteiger partial charge in [-0.3, -0.25) is 4.79 Å². The van der Waals surface area contributed by atoms with Gasteiger partial charge in [-0.25, -0.2) is 0 Å². The molecule has 0 heterocycles. The summed E-state index contributed by atoms with van der Waals surface area (Å²) in [5.41, 5.74) is 6.76. The molecule has 0 fully saturated rings. The van der Waals surface area contributed by atoms with Crippen molar-refractivity contribution in [2.45, 2.75) is 0 Å². The number of anilines is 1. The molecule has 0 aliphatic rings. The molecule has 13 heavy (non-hydrogen) atoms. The lowest BCUT2D eigenvalue weighted by Crippen LogP contribution is -2.25. The number of hydrogen-bond acceptors (Lipinski definition) is 3. The van der Waals surface area contributed by atoms with Crippen molar-refractivity contribution in [1.29, 1.82) is 0 Å². The Kier molecular flexibility index (Phi) is 3.64. The van der Waals surface area contributed by atoms with Gasteiger partial charge < -0.3 is 11.1 Å².